The monoisotopic (exact) mass is 185 g/mol. The lowest BCUT2D eigenvalue weighted by atomic mass is 9.81. The molecule has 1 unspecified atom stereocenters. The molecule has 0 aliphatic carbocycles. The average Bonchev–Trinajstić information content (AvgIpc) is 2.28. The predicted molar refractivity (Wildman–Crippen MR) is 59.8 cm³/mol. The van der Waals surface area contributed by atoms with Crippen LogP contribution < -0.4 is 0 Å². The third-order valence-electron chi connectivity index (χ3n) is 2.71. The first-order valence-electron chi connectivity index (χ1n) is 4.80. The molecule has 0 amide bonds. The van der Waals surface area contributed by atoms with Gasteiger partial charge in [-0.2, -0.15) is 5.26 Å². The molecule has 1 aromatic carbocycles. The van der Waals surface area contributed by atoms with E-state index in [1.54, 1.807) is 6.08 Å². The lowest BCUT2D eigenvalue weighted by molar-refractivity contribution is 0.587. The standard InChI is InChI=1S/C13H15N/c1-4-11-7-6-8-12(9-11)13(3,5-2)10-14/h4,6-9H,1,5H2,2-3H3. The summed E-state index contributed by atoms with van der Waals surface area (Å²) in [6, 6.07) is 10.3. The lowest BCUT2D eigenvalue weighted by Crippen LogP contribution is -2.17. The molecule has 0 N–H and O–H groups in total. The maximum atomic E-state index is 9.13. The van der Waals surface area contributed by atoms with Gasteiger partial charge in [-0.15, -0.1) is 0 Å². The molecule has 0 saturated heterocycles. The SMILES string of the molecule is C=Cc1cccc(C(C)(C#N)CC)c1. The zero-order valence-corrected chi connectivity index (χ0v) is 8.75. The Morgan fingerprint density at radius 3 is 2.79 bits per heavy atom. The molecule has 0 aliphatic heterocycles. The first kappa shape index (κ1) is 10.5. The van der Waals surface area contributed by atoms with Gasteiger partial charge in [0.05, 0.1) is 11.5 Å². The third kappa shape index (κ3) is 1.85. The van der Waals surface area contributed by atoms with E-state index in [0.29, 0.717) is 0 Å². The highest BCUT2D eigenvalue weighted by Crippen LogP contribution is 2.27. The minimum Gasteiger partial charge on any atom is -0.197 e. The molecule has 0 saturated carbocycles. The van der Waals surface area contributed by atoms with Crippen LogP contribution in [-0.4, -0.2) is 0 Å². The molecule has 0 fully saturated rings. The van der Waals surface area contributed by atoms with Crippen LogP contribution in [0.25, 0.3) is 6.08 Å². The fourth-order valence-corrected chi connectivity index (χ4v) is 1.36. The summed E-state index contributed by atoms with van der Waals surface area (Å²) in [6.45, 7) is 7.72. The first-order chi connectivity index (χ1) is 6.66. The molecule has 1 rings (SSSR count). The largest absolute Gasteiger partial charge is 0.197 e. The summed E-state index contributed by atoms with van der Waals surface area (Å²) >= 11 is 0. The molecule has 14 heavy (non-hydrogen) atoms. The van der Waals surface area contributed by atoms with E-state index in [1.807, 2.05) is 38.1 Å². The minimum absolute atomic E-state index is 0.376. The predicted octanol–water partition coefficient (Wildman–Crippen LogP) is 3.52. The fraction of sp³-hybridized carbons (Fsp3) is 0.308. The summed E-state index contributed by atoms with van der Waals surface area (Å²) in [7, 11) is 0. The van der Waals surface area contributed by atoms with Crippen LogP contribution in [0, 0.1) is 11.3 Å². The molecule has 72 valence electrons. The van der Waals surface area contributed by atoms with Gasteiger partial charge in [0, 0.05) is 0 Å². The summed E-state index contributed by atoms with van der Waals surface area (Å²) in [5.41, 5.74) is 1.76. The van der Waals surface area contributed by atoms with Crippen LogP contribution in [-0.2, 0) is 5.41 Å². The second-order valence-corrected chi connectivity index (χ2v) is 3.63. The maximum Gasteiger partial charge on any atom is 0.0792 e. The van der Waals surface area contributed by atoms with Crippen molar-refractivity contribution in [1.29, 1.82) is 5.26 Å². The summed E-state index contributed by atoms with van der Waals surface area (Å²) in [4.78, 5) is 0. The van der Waals surface area contributed by atoms with Crippen molar-refractivity contribution in [2.45, 2.75) is 25.7 Å². The molecule has 0 bridgehead atoms. The van der Waals surface area contributed by atoms with E-state index in [9.17, 15) is 0 Å². The molecule has 1 heteroatoms. The molecule has 1 aromatic rings. The zero-order valence-electron chi connectivity index (χ0n) is 8.75. The van der Waals surface area contributed by atoms with Crippen molar-refractivity contribution in [3.05, 3.63) is 42.0 Å². The molecule has 0 radical (unpaired) electrons. The van der Waals surface area contributed by atoms with Gasteiger partial charge in [-0.25, -0.2) is 0 Å². The summed E-state index contributed by atoms with van der Waals surface area (Å²) in [5.74, 6) is 0. The van der Waals surface area contributed by atoms with Crippen molar-refractivity contribution in [2.75, 3.05) is 0 Å². The van der Waals surface area contributed by atoms with Gasteiger partial charge in [0.15, 0.2) is 0 Å². The quantitative estimate of drug-likeness (QED) is 0.706. The highest BCUT2D eigenvalue weighted by Gasteiger charge is 2.23. The van der Waals surface area contributed by atoms with E-state index in [-0.39, 0.29) is 5.41 Å². The Balaban J connectivity index is 3.19. The summed E-state index contributed by atoms with van der Waals surface area (Å²) in [5, 5.41) is 9.13. The Labute approximate surface area is 85.7 Å². The van der Waals surface area contributed by atoms with E-state index in [1.165, 1.54) is 0 Å². The Morgan fingerprint density at radius 2 is 2.29 bits per heavy atom. The first-order valence-corrected chi connectivity index (χ1v) is 4.80. The van der Waals surface area contributed by atoms with Crippen LogP contribution in [0.4, 0.5) is 0 Å². The molecular formula is C13H15N. The Morgan fingerprint density at radius 1 is 1.57 bits per heavy atom. The van der Waals surface area contributed by atoms with E-state index < -0.39 is 0 Å². The van der Waals surface area contributed by atoms with Crippen molar-refractivity contribution in [3.63, 3.8) is 0 Å². The number of hydrogen-bond acceptors (Lipinski definition) is 1. The molecular weight excluding hydrogens is 170 g/mol. The second kappa shape index (κ2) is 4.11. The Bertz CT molecular complexity index is 373. The number of nitrogens with zero attached hydrogens (tertiary/aromatic N) is 1. The number of hydrogen-bond donors (Lipinski definition) is 0. The van der Waals surface area contributed by atoms with Gasteiger partial charge in [0.1, 0.15) is 0 Å². The molecule has 0 aliphatic rings. The van der Waals surface area contributed by atoms with E-state index in [4.69, 9.17) is 5.26 Å². The smallest absolute Gasteiger partial charge is 0.0792 e. The Kier molecular flexibility index (Phi) is 3.09. The summed E-state index contributed by atoms with van der Waals surface area (Å²) in [6.07, 6.45) is 2.63. The van der Waals surface area contributed by atoms with Crippen LogP contribution in [0.1, 0.15) is 31.4 Å². The molecule has 0 heterocycles. The molecule has 1 nitrogen and oxygen atoms in total. The van der Waals surface area contributed by atoms with E-state index >= 15 is 0 Å². The average molecular weight is 185 g/mol. The van der Waals surface area contributed by atoms with Crippen molar-refractivity contribution < 1.29 is 0 Å². The number of nitriles is 1. The van der Waals surface area contributed by atoms with Crippen molar-refractivity contribution in [2.24, 2.45) is 0 Å². The third-order valence-corrected chi connectivity index (χ3v) is 2.71. The zero-order chi connectivity index (χ0) is 10.6. The van der Waals surface area contributed by atoms with Gasteiger partial charge in [0.2, 0.25) is 0 Å². The van der Waals surface area contributed by atoms with Gasteiger partial charge >= 0.3 is 0 Å². The van der Waals surface area contributed by atoms with Crippen LogP contribution in [0.15, 0.2) is 30.8 Å². The lowest BCUT2D eigenvalue weighted by Gasteiger charge is -2.20. The van der Waals surface area contributed by atoms with Crippen molar-refractivity contribution in [3.8, 4) is 6.07 Å². The van der Waals surface area contributed by atoms with E-state index in [2.05, 4.69) is 12.6 Å². The fourth-order valence-electron chi connectivity index (χ4n) is 1.36. The highest BCUT2D eigenvalue weighted by molar-refractivity contribution is 5.50. The van der Waals surface area contributed by atoms with Gasteiger partial charge in [-0.05, 0) is 24.5 Å². The maximum absolute atomic E-state index is 9.13. The van der Waals surface area contributed by atoms with Crippen LogP contribution >= 0.6 is 0 Å². The minimum atomic E-state index is -0.376. The number of benzene rings is 1. The van der Waals surface area contributed by atoms with Crippen LogP contribution in [0.3, 0.4) is 0 Å². The topological polar surface area (TPSA) is 23.8 Å². The molecule has 0 spiro atoms. The van der Waals surface area contributed by atoms with Gasteiger partial charge < -0.3 is 0 Å². The second-order valence-electron chi connectivity index (χ2n) is 3.63. The van der Waals surface area contributed by atoms with Gasteiger partial charge in [-0.1, -0.05) is 43.8 Å². The molecule has 0 aromatic heterocycles. The number of rotatable bonds is 3. The Hall–Kier alpha value is -1.55. The molecule has 1 atom stereocenters. The van der Waals surface area contributed by atoms with E-state index in [0.717, 1.165) is 17.5 Å². The van der Waals surface area contributed by atoms with Crippen LogP contribution in [0.5, 0.6) is 0 Å². The highest BCUT2D eigenvalue weighted by atomic mass is 14.3. The normalized spacial score (nSPS) is 14.1. The summed E-state index contributed by atoms with van der Waals surface area (Å²) < 4.78 is 0. The van der Waals surface area contributed by atoms with Crippen LogP contribution in [0.2, 0.25) is 0 Å². The van der Waals surface area contributed by atoms with Gasteiger partial charge in [0.25, 0.3) is 0 Å². The van der Waals surface area contributed by atoms with Gasteiger partial charge in [-0.3, -0.25) is 0 Å². The van der Waals surface area contributed by atoms with Crippen molar-refractivity contribution in [1.82, 2.24) is 0 Å². The van der Waals surface area contributed by atoms with Crippen molar-refractivity contribution >= 4 is 6.08 Å².